The molecule has 0 amide bonds. The van der Waals surface area contributed by atoms with E-state index in [1.165, 1.54) is 11.3 Å². The van der Waals surface area contributed by atoms with E-state index in [-0.39, 0.29) is 5.56 Å². The molecule has 0 atom stereocenters. The molecule has 0 spiro atoms. The Kier molecular flexibility index (Phi) is 4.84. The number of thiazole rings is 1. The molecule has 0 unspecified atom stereocenters. The molecule has 0 bridgehead atoms. The minimum atomic E-state index is -0.0929. The normalized spacial score (nSPS) is 11.0. The lowest BCUT2D eigenvalue weighted by molar-refractivity contribution is 0.977. The van der Waals surface area contributed by atoms with Gasteiger partial charge in [-0.2, -0.15) is 0 Å². The van der Waals surface area contributed by atoms with Crippen molar-refractivity contribution in [2.45, 2.75) is 6.92 Å². The molecule has 1 N–H and O–H groups in total. The molecule has 0 saturated carbocycles. The molecule has 2 heterocycles. The van der Waals surface area contributed by atoms with Gasteiger partial charge in [-0.15, -0.1) is 0 Å². The zero-order valence-electron chi connectivity index (χ0n) is 17.2. The predicted molar refractivity (Wildman–Crippen MR) is 128 cm³/mol. The quantitative estimate of drug-likeness (QED) is 0.412. The fourth-order valence-corrected chi connectivity index (χ4v) is 4.58. The van der Waals surface area contributed by atoms with Crippen LogP contribution < -0.4 is 10.9 Å². The van der Waals surface area contributed by atoms with Crippen molar-refractivity contribution in [3.8, 4) is 27.6 Å². The molecule has 5 aromatic rings. The van der Waals surface area contributed by atoms with Crippen molar-refractivity contribution in [2.75, 3.05) is 12.4 Å². The van der Waals surface area contributed by atoms with Crippen LogP contribution in [0.3, 0.4) is 0 Å². The molecule has 0 aliphatic rings. The monoisotopic (exact) mass is 424 g/mol. The van der Waals surface area contributed by atoms with E-state index in [1.54, 1.807) is 4.57 Å². The Balaban J connectivity index is 1.89. The minimum absolute atomic E-state index is 0.0929. The highest BCUT2D eigenvalue weighted by molar-refractivity contribution is 7.19. The van der Waals surface area contributed by atoms with Crippen molar-refractivity contribution >= 4 is 27.4 Å². The second-order valence-corrected chi connectivity index (χ2v) is 8.24. The van der Waals surface area contributed by atoms with Crippen molar-refractivity contribution < 1.29 is 0 Å². The van der Waals surface area contributed by atoms with Crippen LogP contribution in [0.15, 0.2) is 83.7 Å². The van der Waals surface area contributed by atoms with E-state index >= 15 is 0 Å². The molecule has 5 rings (SSSR count). The van der Waals surface area contributed by atoms with Gasteiger partial charge in [-0.05, 0) is 36.8 Å². The van der Waals surface area contributed by atoms with Crippen molar-refractivity contribution in [3.63, 3.8) is 0 Å². The first-order valence-electron chi connectivity index (χ1n) is 9.99. The predicted octanol–water partition coefficient (Wildman–Crippen LogP) is 5.53. The molecule has 0 radical (unpaired) electrons. The summed E-state index contributed by atoms with van der Waals surface area (Å²) in [4.78, 5) is 24.2. The Hall–Kier alpha value is -3.77. The third-order valence-electron chi connectivity index (χ3n) is 5.13. The summed E-state index contributed by atoms with van der Waals surface area (Å²) in [7, 11) is 1.85. The van der Waals surface area contributed by atoms with Crippen LogP contribution in [0, 0.1) is 6.92 Å². The molecular formula is C25H20N4OS. The van der Waals surface area contributed by atoms with Gasteiger partial charge in [-0.25, -0.2) is 9.97 Å². The van der Waals surface area contributed by atoms with Gasteiger partial charge in [0, 0.05) is 12.6 Å². The van der Waals surface area contributed by atoms with Gasteiger partial charge in [-0.1, -0.05) is 65.9 Å². The number of rotatable bonds is 4. The van der Waals surface area contributed by atoms with Crippen LogP contribution in [0.5, 0.6) is 0 Å². The second kappa shape index (κ2) is 7.81. The van der Waals surface area contributed by atoms with E-state index in [1.807, 2.05) is 92.8 Å². The lowest BCUT2D eigenvalue weighted by Gasteiger charge is -2.14. The Morgan fingerprint density at radius 1 is 0.903 bits per heavy atom. The van der Waals surface area contributed by atoms with Crippen LogP contribution in [0.25, 0.3) is 38.5 Å². The first-order valence-corrected chi connectivity index (χ1v) is 10.8. The molecule has 31 heavy (non-hydrogen) atoms. The zero-order valence-corrected chi connectivity index (χ0v) is 18.0. The fraction of sp³-hybridized carbons (Fsp3) is 0.0800. The van der Waals surface area contributed by atoms with Gasteiger partial charge >= 0.3 is 0 Å². The molecule has 0 aliphatic carbocycles. The lowest BCUT2D eigenvalue weighted by atomic mass is 10.1. The summed E-state index contributed by atoms with van der Waals surface area (Å²) in [6.07, 6.45) is 0. The summed E-state index contributed by atoms with van der Waals surface area (Å²) in [5, 5.41) is 4.50. The number of fused-ring (bicyclic) bond motifs is 1. The molecule has 6 heteroatoms. The number of aromatic nitrogens is 3. The van der Waals surface area contributed by atoms with Gasteiger partial charge in [0.05, 0.1) is 22.3 Å². The third-order valence-corrected chi connectivity index (χ3v) is 6.20. The van der Waals surface area contributed by atoms with Crippen LogP contribution in [-0.2, 0) is 0 Å². The Morgan fingerprint density at radius 2 is 1.68 bits per heavy atom. The van der Waals surface area contributed by atoms with Crippen LogP contribution in [0.4, 0.5) is 5.13 Å². The summed E-state index contributed by atoms with van der Waals surface area (Å²) in [6, 6.07) is 25.4. The van der Waals surface area contributed by atoms with Crippen molar-refractivity contribution in [1.82, 2.24) is 14.5 Å². The largest absolute Gasteiger partial charge is 0.365 e. The van der Waals surface area contributed by atoms with Crippen LogP contribution >= 0.6 is 11.3 Å². The van der Waals surface area contributed by atoms with Crippen LogP contribution in [0.1, 0.15) is 5.56 Å². The highest BCUT2D eigenvalue weighted by atomic mass is 32.1. The van der Waals surface area contributed by atoms with E-state index in [0.29, 0.717) is 16.7 Å². The first kappa shape index (κ1) is 19.2. The highest BCUT2D eigenvalue weighted by Gasteiger charge is 2.21. The van der Waals surface area contributed by atoms with E-state index < -0.39 is 0 Å². The van der Waals surface area contributed by atoms with Crippen molar-refractivity contribution in [3.05, 3.63) is 94.8 Å². The number of aryl methyl sites for hydroxylation is 1. The summed E-state index contributed by atoms with van der Waals surface area (Å²) >= 11 is 1.49. The molecule has 0 fully saturated rings. The number of para-hydroxylation sites is 1. The van der Waals surface area contributed by atoms with E-state index in [2.05, 4.69) is 5.32 Å². The molecular weight excluding hydrogens is 404 g/mol. The topological polar surface area (TPSA) is 59.8 Å². The summed E-state index contributed by atoms with van der Waals surface area (Å²) in [5.74, 6) is 0.590. The molecule has 5 nitrogen and oxygen atoms in total. The highest BCUT2D eigenvalue weighted by Crippen LogP contribution is 2.38. The zero-order chi connectivity index (χ0) is 21.4. The first-order chi connectivity index (χ1) is 15.2. The number of nitrogens with zero attached hydrogens (tertiary/aromatic N) is 3. The average molecular weight is 425 g/mol. The van der Waals surface area contributed by atoms with E-state index in [0.717, 1.165) is 32.5 Å². The van der Waals surface area contributed by atoms with Gasteiger partial charge in [0.15, 0.2) is 11.0 Å². The molecule has 152 valence electrons. The number of hydrogen-bond donors (Lipinski definition) is 1. The number of hydrogen-bond acceptors (Lipinski definition) is 5. The molecule has 3 aromatic carbocycles. The summed E-state index contributed by atoms with van der Waals surface area (Å²) in [6.45, 7) is 2.02. The average Bonchev–Trinajstić information content (AvgIpc) is 3.24. The Labute approximate surface area is 183 Å². The van der Waals surface area contributed by atoms with Gasteiger partial charge in [0.2, 0.25) is 0 Å². The van der Waals surface area contributed by atoms with Crippen molar-refractivity contribution in [1.29, 1.82) is 0 Å². The van der Waals surface area contributed by atoms with Gasteiger partial charge in [0.25, 0.3) is 5.56 Å². The van der Waals surface area contributed by atoms with E-state index in [4.69, 9.17) is 9.97 Å². The number of nitrogens with one attached hydrogen (secondary N) is 1. The van der Waals surface area contributed by atoms with Gasteiger partial charge in [-0.3, -0.25) is 9.36 Å². The molecule has 0 saturated heterocycles. The second-order valence-electron chi connectivity index (χ2n) is 7.24. The van der Waals surface area contributed by atoms with E-state index in [9.17, 15) is 4.79 Å². The number of benzene rings is 3. The smallest absolute Gasteiger partial charge is 0.266 e. The Morgan fingerprint density at radius 3 is 2.45 bits per heavy atom. The van der Waals surface area contributed by atoms with Crippen molar-refractivity contribution in [2.24, 2.45) is 0 Å². The molecule has 0 aliphatic heterocycles. The van der Waals surface area contributed by atoms with Gasteiger partial charge in [0.1, 0.15) is 4.88 Å². The van der Waals surface area contributed by atoms with Crippen LogP contribution in [0.2, 0.25) is 0 Å². The summed E-state index contributed by atoms with van der Waals surface area (Å²) in [5.41, 5.74) is 4.23. The Bertz CT molecular complexity index is 1450. The van der Waals surface area contributed by atoms with Gasteiger partial charge < -0.3 is 5.32 Å². The maximum absolute atomic E-state index is 13.7. The number of anilines is 1. The minimum Gasteiger partial charge on any atom is -0.365 e. The fourth-order valence-electron chi connectivity index (χ4n) is 3.66. The SMILES string of the molecule is CNc1nc(-c2ccccc2)c(-c2nc3ccccc3c(=O)n2-c2cccc(C)c2)s1. The lowest BCUT2D eigenvalue weighted by Crippen LogP contribution is -2.22. The molecule has 2 aromatic heterocycles. The standard InChI is InChI=1S/C25H20N4OS/c1-16-9-8-12-18(15-16)29-23(27-20-14-7-6-13-19(20)24(29)30)22-21(28-25(26-2)31-22)17-10-4-3-5-11-17/h3-15H,1-2H3,(H,26,28). The summed E-state index contributed by atoms with van der Waals surface area (Å²) < 4.78 is 1.70. The maximum atomic E-state index is 13.7. The third kappa shape index (κ3) is 3.41. The maximum Gasteiger partial charge on any atom is 0.266 e. The van der Waals surface area contributed by atoms with Crippen LogP contribution in [-0.4, -0.2) is 21.6 Å².